The molecule has 0 aromatic heterocycles. The molecule has 0 aliphatic heterocycles. The Bertz CT molecular complexity index is 796. The normalized spacial score (nSPS) is 13.8. The molecule has 4 atom stereocenters. The monoisotopic (exact) mass is 529 g/mol. The minimum atomic E-state index is -1.26. The lowest BCUT2D eigenvalue weighted by Gasteiger charge is -2.25. The fourth-order valence-electron chi connectivity index (χ4n) is 3.14. The van der Waals surface area contributed by atoms with Crippen molar-refractivity contribution in [3.05, 3.63) is 0 Å². The number of carboxylic acids is 1. The molecule has 0 bridgehead atoms. The second-order valence-corrected chi connectivity index (χ2v) is 8.49. The first-order valence-electron chi connectivity index (χ1n) is 12.1. The van der Waals surface area contributed by atoms with E-state index in [1.165, 1.54) is 6.92 Å². The number of unbranched alkanes of at least 4 members (excludes halogenated alkanes) is 1. The Morgan fingerprint density at radius 3 is 1.51 bits per heavy atom. The van der Waals surface area contributed by atoms with Gasteiger partial charge in [0.05, 0.1) is 6.04 Å². The Balaban J connectivity index is 5.54. The van der Waals surface area contributed by atoms with Gasteiger partial charge in [-0.3, -0.25) is 24.4 Å². The van der Waals surface area contributed by atoms with Gasteiger partial charge in [0.1, 0.15) is 18.1 Å². The predicted molar refractivity (Wildman–Crippen MR) is 140 cm³/mol. The summed E-state index contributed by atoms with van der Waals surface area (Å²) < 4.78 is 0. The maximum Gasteiger partial charge on any atom is 0.326 e. The highest BCUT2D eigenvalue weighted by molar-refractivity contribution is 5.94. The largest absolute Gasteiger partial charge is 0.480 e. The number of guanidine groups is 2. The second kappa shape index (κ2) is 18.6. The first kappa shape index (κ1) is 33.3. The third-order valence-electron chi connectivity index (χ3n) is 5.13. The summed E-state index contributed by atoms with van der Waals surface area (Å²) in [7, 11) is 0. The quantitative estimate of drug-likeness (QED) is 0.0438. The van der Waals surface area contributed by atoms with Gasteiger partial charge in [0.2, 0.25) is 17.7 Å². The fraction of sp³-hybridized carbons (Fsp3) is 0.714. The van der Waals surface area contributed by atoms with Gasteiger partial charge >= 0.3 is 5.97 Å². The third-order valence-corrected chi connectivity index (χ3v) is 5.13. The van der Waals surface area contributed by atoms with Crippen LogP contribution in [-0.4, -0.2) is 84.5 Å². The Labute approximate surface area is 216 Å². The Kier molecular flexibility index (Phi) is 16.7. The molecule has 3 amide bonds. The zero-order chi connectivity index (χ0) is 28.4. The van der Waals surface area contributed by atoms with Gasteiger partial charge in [0.25, 0.3) is 0 Å². The van der Waals surface area contributed by atoms with Gasteiger partial charge in [-0.15, -0.1) is 0 Å². The summed E-state index contributed by atoms with van der Waals surface area (Å²) >= 11 is 0. The third kappa shape index (κ3) is 15.8. The second-order valence-electron chi connectivity index (χ2n) is 8.49. The van der Waals surface area contributed by atoms with Crippen molar-refractivity contribution >= 4 is 35.6 Å². The number of amides is 3. The van der Waals surface area contributed by atoms with Gasteiger partial charge in [-0.1, -0.05) is 0 Å². The van der Waals surface area contributed by atoms with Gasteiger partial charge in [0.15, 0.2) is 11.9 Å². The molecule has 0 saturated carbocycles. The number of nitrogens with two attached hydrogens (primary N) is 6. The summed E-state index contributed by atoms with van der Waals surface area (Å²) in [5.41, 5.74) is 32.3. The lowest BCUT2D eigenvalue weighted by molar-refractivity contribution is -0.142. The van der Waals surface area contributed by atoms with Crippen LogP contribution in [0.5, 0.6) is 0 Å². The van der Waals surface area contributed by atoms with Gasteiger partial charge in [-0.25, -0.2) is 4.79 Å². The van der Waals surface area contributed by atoms with Crippen molar-refractivity contribution in [3.8, 4) is 0 Å². The topological polar surface area (TPSA) is 305 Å². The Morgan fingerprint density at radius 2 is 1.11 bits per heavy atom. The summed E-state index contributed by atoms with van der Waals surface area (Å²) in [6, 6.07) is -4.17. The first-order chi connectivity index (χ1) is 17.4. The van der Waals surface area contributed by atoms with Gasteiger partial charge < -0.3 is 55.5 Å². The molecular weight excluding hydrogens is 486 g/mol. The van der Waals surface area contributed by atoms with E-state index in [9.17, 15) is 24.3 Å². The Hall–Kier alpha value is -3.66. The Morgan fingerprint density at radius 1 is 0.703 bits per heavy atom. The number of aliphatic imine (C=N–C) groups is 2. The number of hydrogen-bond acceptors (Lipinski definition) is 8. The number of aliphatic carboxylic acids is 1. The van der Waals surface area contributed by atoms with E-state index in [0.717, 1.165) is 0 Å². The lowest BCUT2D eigenvalue weighted by Crippen LogP contribution is -2.56. The van der Waals surface area contributed by atoms with Crippen LogP contribution in [0.25, 0.3) is 0 Å². The average molecular weight is 530 g/mol. The molecule has 0 heterocycles. The van der Waals surface area contributed by atoms with E-state index in [0.29, 0.717) is 32.2 Å². The number of carboxylic acid groups (broad SMARTS) is 1. The van der Waals surface area contributed by atoms with Crippen LogP contribution >= 0.6 is 0 Å². The number of carbonyl (C=O) groups is 4. The molecule has 16 N–H and O–H groups in total. The molecule has 0 aromatic carbocycles. The predicted octanol–water partition coefficient (Wildman–Crippen LogP) is -3.89. The summed E-state index contributed by atoms with van der Waals surface area (Å²) in [6.45, 7) is 2.25. The van der Waals surface area contributed by atoms with Gasteiger partial charge in [-0.2, -0.15) is 0 Å². The summed E-state index contributed by atoms with van der Waals surface area (Å²) in [5, 5.41) is 17.1. The molecule has 0 aliphatic carbocycles. The minimum absolute atomic E-state index is 0.0542. The summed E-state index contributed by atoms with van der Waals surface area (Å²) in [5.74, 6) is -3.38. The number of hydrogen-bond donors (Lipinski definition) is 10. The van der Waals surface area contributed by atoms with E-state index in [4.69, 9.17) is 34.4 Å². The van der Waals surface area contributed by atoms with E-state index in [-0.39, 0.29) is 44.3 Å². The van der Waals surface area contributed by atoms with Crippen molar-refractivity contribution in [2.45, 2.75) is 76.0 Å². The van der Waals surface area contributed by atoms with Crippen LogP contribution in [0.4, 0.5) is 0 Å². The smallest absolute Gasteiger partial charge is 0.326 e. The summed E-state index contributed by atoms with van der Waals surface area (Å²) in [4.78, 5) is 57.5. The van der Waals surface area contributed by atoms with Crippen LogP contribution < -0.4 is 50.4 Å². The minimum Gasteiger partial charge on any atom is -0.480 e. The van der Waals surface area contributed by atoms with Crippen LogP contribution in [0.1, 0.15) is 51.9 Å². The maximum atomic E-state index is 13.0. The molecule has 16 heteroatoms. The van der Waals surface area contributed by atoms with Crippen LogP contribution in [0.3, 0.4) is 0 Å². The molecule has 0 aromatic rings. The van der Waals surface area contributed by atoms with Crippen LogP contribution in [0.15, 0.2) is 9.98 Å². The van der Waals surface area contributed by atoms with E-state index >= 15 is 0 Å². The molecule has 0 saturated heterocycles. The average Bonchev–Trinajstić information content (AvgIpc) is 2.81. The van der Waals surface area contributed by atoms with Crippen LogP contribution in [0, 0.1) is 0 Å². The van der Waals surface area contributed by atoms with Crippen molar-refractivity contribution in [1.82, 2.24) is 16.0 Å². The molecule has 0 spiro atoms. The molecular formula is C21H43N11O5. The highest BCUT2D eigenvalue weighted by atomic mass is 16.4. The van der Waals surface area contributed by atoms with Gasteiger partial charge in [-0.05, 0) is 58.4 Å². The number of rotatable bonds is 19. The van der Waals surface area contributed by atoms with Crippen molar-refractivity contribution in [1.29, 1.82) is 0 Å². The maximum absolute atomic E-state index is 13.0. The SMILES string of the molecule is C[C@H](N)C(=O)N[C@@H](CCCCN)C(=O)N[C@@H](CCCN=C(N)N)C(=O)N[C@@H](CCCN=C(N)N)C(=O)O. The van der Waals surface area contributed by atoms with E-state index < -0.39 is 47.9 Å². The van der Waals surface area contributed by atoms with E-state index in [2.05, 4.69) is 25.9 Å². The number of carbonyl (C=O) groups excluding carboxylic acids is 3. The van der Waals surface area contributed by atoms with Crippen molar-refractivity contribution in [2.75, 3.05) is 19.6 Å². The molecule has 16 nitrogen and oxygen atoms in total. The molecule has 0 radical (unpaired) electrons. The highest BCUT2D eigenvalue weighted by Crippen LogP contribution is 2.06. The van der Waals surface area contributed by atoms with Crippen molar-refractivity contribution < 1.29 is 24.3 Å². The zero-order valence-corrected chi connectivity index (χ0v) is 21.3. The van der Waals surface area contributed by atoms with Gasteiger partial charge in [0, 0.05) is 13.1 Å². The summed E-state index contributed by atoms with van der Waals surface area (Å²) in [6.07, 6.45) is 2.20. The molecule has 0 aliphatic rings. The lowest BCUT2D eigenvalue weighted by atomic mass is 10.0. The fourth-order valence-corrected chi connectivity index (χ4v) is 3.14. The highest BCUT2D eigenvalue weighted by Gasteiger charge is 2.29. The first-order valence-corrected chi connectivity index (χ1v) is 12.1. The number of nitrogens with one attached hydrogen (secondary N) is 3. The zero-order valence-electron chi connectivity index (χ0n) is 21.3. The van der Waals surface area contributed by atoms with Crippen molar-refractivity contribution in [3.63, 3.8) is 0 Å². The number of nitrogens with zero attached hydrogens (tertiary/aromatic N) is 2. The molecule has 0 unspecified atom stereocenters. The molecule has 212 valence electrons. The molecule has 0 fully saturated rings. The standard InChI is InChI=1S/C21H43N11O5/c1-12(23)16(33)30-13(6-2-3-9-22)17(34)31-14(7-4-10-28-20(24)25)18(35)32-15(19(36)37)8-5-11-29-21(26)27/h12-15H,2-11,22-23H2,1H3,(H,30,33)(H,31,34)(H,32,35)(H,36,37)(H4,24,25,28)(H4,26,27,29)/t12-,13-,14-,15-/m0/s1. The molecule has 37 heavy (non-hydrogen) atoms. The van der Waals surface area contributed by atoms with E-state index in [1.54, 1.807) is 0 Å². The van der Waals surface area contributed by atoms with Crippen LogP contribution in [0.2, 0.25) is 0 Å². The van der Waals surface area contributed by atoms with Crippen molar-refractivity contribution in [2.24, 2.45) is 44.4 Å². The van der Waals surface area contributed by atoms with E-state index in [1.807, 2.05) is 0 Å². The molecule has 0 rings (SSSR count). The van der Waals surface area contributed by atoms with Crippen LogP contribution in [-0.2, 0) is 19.2 Å².